The van der Waals surface area contributed by atoms with E-state index in [2.05, 4.69) is 43.3 Å². The summed E-state index contributed by atoms with van der Waals surface area (Å²) in [7, 11) is 0. The number of fused-ring (bicyclic) bond motifs is 2. The van der Waals surface area contributed by atoms with Gasteiger partial charge in [-0.1, -0.05) is 12.1 Å². The minimum atomic E-state index is 0.0727. The van der Waals surface area contributed by atoms with Crippen molar-refractivity contribution in [1.29, 1.82) is 0 Å². The lowest BCUT2D eigenvalue weighted by Crippen LogP contribution is -1.83. The molecule has 6 rings (SSSR count). The van der Waals surface area contributed by atoms with Crippen LogP contribution in [0.25, 0.3) is 54.8 Å². The number of nitrogens with one attached hydrogen (secondary N) is 2. The molecular weight excluding hydrogens is 418 g/mol. The van der Waals surface area contributed by atoms with E-state index in [0.29, 0.717) is 0 Å². The Bertz CT molecular complexity index is 1610. The molecule has 32 heavy (non-hydrogen) atoms. The van der Waals surface area contributed by atoms with Gasteiger partial charge in [-0.05, 0) is 48.9 Å². The fourth-order valence-electron chi connectivity index (χ4n) is 3.98. The maximum atomic E-state index is 11.7. The lowest BCUT2D eigenvalue weighted by molar-refractivity contribution is 0.102. The number of thiophene rings is 1. The summed E-state index contributed by atoms with van der Waals surface area (Å²) in [6.45, 7) is 1.59. The minimum Gasteiger partial charge on any atom is -0.352 e. The number of carbonyl (C=O) groups excluding carboxylic acids is 1. The quantitative estimate of drug-likeness (QED) is 0.328. The van der Waals surface area contributed by atoms with E-state index in [1.807, 2.05) is 48.9 Å². The van der Waals surface area contributed by atoms with Crippen LogP contribution in [-0.4, -0.2) is 30.9 Å². The van der Waals surface area contributed by atoms with Gasteiger partial charge >= 0.3 is 0 Å². The SMILES string of the molecule is CC(=O)c1ccc(-c2cncc3[nH]c(-c4n[nH]c5ccc(-c6cccnc6)cc45)cc23)s1. The monoisotopic (exact) mass is 435 g/mol. The van der Waals surface area contributed by atoms with Crippen LogP contribution in [0.5, 0.6) is 0 Å². The number of aromatic nitrogens is 5. The van der Waals surface area contributed by atoms with Crippen molar-refractivity contribution in [3.63, 3.8) is 0 Å². The van der Waals surface area contributed by atoms with E-state index in [-0.39, 0.29) is 5.78 Å². The standard InChI is InChI=1S/C25H17N5OS/c1-14(31)23-6-7-24(32-23)19-12-27-13-22-17(19)10-21(28-22)25-18-9-15(4-5-20(18)29-30-25)16-3-2-8-26-11-16/h2-13,28H,1H3,(H,29,30). The summed E-state index contributed by atoms with van der Waals surface area (Å²) in [5.41, 5.74) is 6.80. The molecule has 0 radical (unpaired) electrons. The first kappa shape index (κ1) is 18.7. The van der Waals surface area contributed by atoms with Gasteiger partial charge in [0.1, 0.15) is 5.69 Å². The van der Waals surface area contributed by atoms with E-state index in [1.54, 1.807) is 13.1 Å². The number of H-pyrrole nitrogens is 2. The highest BCUT2D eigenvalue weighted by atomic mass is 32.1. The van der Waals surface area contributed by atoms with Gasteiger partial charge in [-0.3, -0.25) is 19.9 Å². The number of hydrogen-bond acceptors (Lipinski definition) is 5. The maximum Gasteiger partial charge on any atom is 0.169 e. The van der Waals surface area contributed by atoms with Crippen LogP contribution >= 0.6 is 11.3 Å². The summed E-state index contributed by atoms with van der Waals surface area (Å²) in [5.74, 6) is 0.0727. The first-order valence-electron chi connectivity index (χ1n) is 10.1. The number of pyridine rings is 2. The van der Waals surface area contributed by atoms with Crippen LogP contribution in [0.15, 0.2) is 73.3 Å². The van der Waals surface area contributed by atoms with Crippen LogP contribution in [0.4, 0.5) is 0 Å². The fraction of sp³-hybridized carbons (Fsp3) is 0.0400. The molecular formula is C25H17N5OS. The molecule has 0 saturated heterocycles. The number of rotatable bonds is 4. The number of aromatic amines is 2. The van der Waals surface area contributed by atoms with E-state index < -0.39 is 0 Å². The Balaban J connectivity index is 1.49. The molecule has 154 valence electrons. The zero-order valence-corrected chi connectivity index (χ0v) is 17.9. The third-order valence-corrected chi connectivity index (χ3v) is 6.80. The van der Waals surface area contributed by atoms with Crippen molar-refractivity contribution in [3.05, 3.63) is 78.2 Å². The molecule has 7 heteroatoms. The molecule has 0 aliphatic carbocycles. The van der Waals surface area contributed by atoms with Crippen LogP contribution in [0.1, 0.15) is 16.6 Å². The highest BCUT2D eigenvalue weighted by Gasteiger charge is 2.16. The number of nitrogens with zero attached hydrogens (tertiary/aromatic N) is 3. The number of hydrogen-bond donors (Lipinski definition) is 2. The Kier molecular flexibility index (Phi) is 4.22. The van der Waals surface area contributed by atoms with Crippen LogP contribution in [0.3, 0.4) is 0 Å². The number of carbonyl (C=O) groups is 1. The highest BCUT2D eigenvalue weighted by molar-refractivity contribution is 7.17. The molecule has 0 bridgehead atoms. The molecule has 5 heterocycles. The Labute approximate surface area is 187 Å². The van der Waals surface area contributed by atoms with Crippen molar-refractivity contribution in [2.24, 2.45) is 0 Å². The van der Waals surface area contributed by atoms with Crippen molar-refractivity contribution in [3.8, 4) is 33.0 Å². The molecule has 0 atom stereocenters. The number of benzene rings is 1. The average molecular weight is 436 g/mol. The molecule has 6 nitrogen and oxygen atoms in total. The van der Waals surface area contributed by atoms with Crippen molar-refractivity contribution in [2.75, 3.05) is 0 Å². The Morgan fingerprint density at radius 2 is 1.84 bits per heavy atom. The molecule has 0 aliphatic heterocycles. The first-order valence-corrected chi connectivity index (χ1v) is 11.0. The van der Waals surface area contributed by atoms with Gasteiger partial charge in [-0.15, -0.1) is 11.3 Å². The molecule has 2 N–H and O–H groups in total. The van der Waals surface area contributed by atoms with Gasteiger partial charge in [0.15, 0.2) is 5.78 Å². The first-order chi connectivity index (χ1) is 15.7. The van der Waals surface area contributed by atoms with Gasteiger partial charge in [-0.25, -0.2) is 0 Å². The number of ketones is 1. The molecule has 0 saturated carbocycles. The Morgan fingerprint density at radius 3 is 2.66 bits per heavy atom. The lowest BCUT2D eigenvalue weighted by atomic mass is 10.0. The molecule has 0 spiro atoms. The predicted octanol–water partition coefficient (Wildman–Crippen LogP) is 6.10. The average Bonchev–Trinajstić information content (AvgIpc) is 3.56. The molecule has 6 aromatic rings. The van der Waals surface area contributed by atoms with E-state index in [0.717, 1.165) is 59.6 Å². The normalized spacial score (nSPS) is 11.4. The van der Waals surface area contributed by atoms with Gasteiger partial charge in [0.2, 0.25) is 0 Å². The van der Waals surface area contributed by atoms with Crippen molar-refractivity contribution < 1.29 is 4.79 Å². The van der Waals surface area contributed by atoms with Crippen molar-refractivity contribution in [1.82, 2.24) is 25.1 Å². The molecule has 0 amide bonds. The van der Waals surface area contributed by atoms with Gasteiger partial charge in [0.05, 0.1) is 27.8 Å². The summed E-state index contributed by atoms with van der Waals surface area (Å²) in [6.07, 6.45) is 7.29. The lowest BCUT2D eigenvalue weighted by Gasteiger charge is -2.01. The van der Waals surface area contributed by atoms with E-state index in [4.69, 9.17) is 0 Å². The molecule has 0 fully saturated rings. The second kappa shape index (κ2) is 7.25. The van der Waals surface area contributed by atoms with Crippen LogP contribution in [-0.2, 0) is 0 Å². The summed E-state index contributed by atoms with van der Waals surface area (Å²) < 4.78 is 0. The van der Waals surface area contributed by atoms with Crippen molar-refractivity contribution in [2.45, 2.75) is 6.92 Å². The topological polar surface area (TPSA) is 87.3 Å². The highest BCUT2D eigenvalue weighted by Crippen LogP contribution is 2.37. The largest absolute Gasteiger partial charge is 0.352 e. The van der Waals surface area contributed by atoms with Gasteiger partial charge < -0.3 is 4.98 Å². The van der Waals surface area contributed by atoms with E-state index in [9.17, 15) is 4.79 Å². The molecule has 1 aromatic carbocycles. The predicted molar refractivity (Wildman–Crippen MR) is 128 cm³/mol. The van der Waals surface area contributed by atoms with Crippen LogP contribution in [0, 0.1) is 0 Å². The van der Waals surface area contributed by atoms with Gasteiger partial charge in [-0.2, -0.15) is 5.10 Å². The Morgan fingerprint density at radius 1 is 0.906 bits per heavy atom. The Hall–Kier alpha value is -4.10. The minimum absolute atomic E-state index is 0.0727. The third kappa shape index (κ3) is 3.02. The molecule has 5 aromatic heterocycles. The van der Waals surface area contributed by atoms with Gasteiger partial charge in [0, 0.05) is 45.4 Å². The summed E-state index contributed by atoms with van der Waals surface area (Å²) in [6, 6.07) is 16.2. The number of Topliss-reactive ketones (excluding diaryl/α,β-unsaturated/α-hetero) is 1. The summed E-state index contributed by atoms with van der Waals surface area (Å²) in [5, 5.41) is 9.80. The zero-order chi connectivity index (χ0) is 21.7. The van der Waals surface area contributed by atoms with Crippen LogP contribution < -0.4 is 0 Å². The summed E-state index contributed by atoms with van der Waals surface area (Å²) >= 11 is 1.49. The fourth-order valence-corrected chi connectivity index (χ4v) is 4.90. The molecule has 0 unspecified atom stereocenters. The van der Waals surface area contributed by atoms with Crippen LogP contribution in [0.2, 0.25) is 0 Å². The molecule has 0 aliphatic rings. The van der Waals surface area contributed by atoms with Crippen molar-refractivity contribution >= 4 is 38.9 Å². The third-order valence-electron chi connectivity index (χ3n) is 5.58. The summed E-state index contributed by atoms with van der Waals surface area (Å²) in [4.78, 5) is 25.6. The van der Waals surface area contributed by atoms with E-state index >= 15 is 0 Å². The second-order valence-electron chi connectivity index (χ2n) is 7.63. The smallest absolute Gasteiger partial charge is 0.169 e. The second-order valence-corrected chi connectivity index (χ2v) is 8.71. The van der Waals surface area contributed by atoms with Gasteiger partial charge in [0.25, 0.3) is 0 Å². The maximum absolute atomic E-state index is 11.7. The zero-order valence-electron chi connectivity index (χ0n) is 17.1. The van der Waals surface area contributed by atoms with E-state index in [1.165, 1.54) is 11.3 Å².